The molecule has 1 aliphatic rings. The molecule has 0 aromatic heterocycles. The van der Waals surface area contributed by atoms with Crippen LogP contribution in [0.25, 0.3) is 0 Å². The van der Waals surface area contributed by atoms with Crippen LogP contribution in [0, 0.1) is 5.92 Å². The molecule has 15 heavy (non-hydrogen) atoms. The Labute approximate surface area is 91.4 Å². The van der Waals surface area contributed by atoms with Crippen LogP contribution in [0.15, 0.2) is 0 Å². The predicted molar refractivity (Wildman–Crippen MR) is 59.5 cm³/mol. The third kappa shape index (κ3) is 5.14. The highest BCUT2D eigenvalue weighted by atomic mass is 16.3. The van der Waals surface area contributed by atoms with Gasteiger partial charge in [0.2, 0.25) is 5.91 Å². The molecule has 0 radical (unpaired) electrons. The number of hydrogen-bond acceptors (Lipinski definition) is 3. The average molecular weight is 214 g/mol. The summed E-state index contributed by atoms with van der Waals surface area (Å²) in [5.74, 6) is 0.761. The van der Waals surface area contributed by atoms with Crippen LogP contribution in [0.4, 0.5) is 0 Å². The van der Waals surface area contributed by atoms with Gasteiger partial charge in [-0.05, 0) is 45.2 Å². The van der Waals surface area contributed by atoms with Gasteiger partial charge in [-0.3, -0.25) is 4.79 Å². The second-order valence-electron chi connectivity index (χ2n) is 4.38. The first kappa shape index (κ1) is 12.5. The Hall–Kier alpha value is -0.610. The topological polar surface area (TPSA) is 61.4 Å². The first-order valence-electron chi connectivity index (χ1n) is 5.83. The molecule has 3 N–H and O–H groups in total. The lowest BCUT2D eigenvalue weighted by Crippen LogP contribution is -2.35. The molecule has 1 rings (SSSR count). The molecule has 4 nitrogen and oxygen atoms in total. The van der Waals surface area contributed by atoms with Crippen molar-refractivity contribution in [3.8, 4) is 0 Å². The van der Waals surface area contributed by atoms with Gasteiger partial charge in [0.25, 0.3) is 0 Å². The van der Waals surface area contributed by atoms with Crippen molar-refractivity contribution in [3.63, 3.8) is 0 Å². The Morgan fingerprint density at radius 2 is 2.20 bits per heavy atom. The SMILES string of the molecule is C[C@H](CO)NC(=O)CCC1CCNCC1. The van der Waals surface area contributed by atoms with E-state index in [9.17, 15) is 4.79 Å². The number of carbonyl (C=O) groups excluding carboxylic acids is 1. The van der Waals surface area contributed by atoms with Crippen molar-refractivity contribution in [2.75, 3.05) is 19.7 Å². The molecule has 1 fully saturated rings. The molecule has 0 unspecified atom stereocenters. The van der Waals surface area contributed by atoms with Gasteiger partial charge in [0.15, 0.2) is 0 Å². The van der Waals surface area contributed by atoms with Crippen LogP contribution in [0.1, 0.15) is 32.6 Å². The first-order valence-corrected chi connectivity index (χ1v) is 5.83. The van der Waals surface area contributed by atoms with E-state index in [2.05, 4.69) is 10.6 Å². The normalized spacial score (nSPS) is 19.9. The van der Waals surface area contributed by atoms with E-state index < -0.39 is 0 Å². The van der Waals surface area contributed by atoms with Crippen LogP contribution in [0.2, 0.25) is 0 Å². The maximum Gasteiger partial charge on any atom is 0.220 e. The van der Waals surface area contributed by atoms with Crippen molar-refractivity contribution < 1.29 is 9.90 Å². The van der Waals surface area contributed by atoms with E-state index in [0.29, 0.717) is 12.3 Å². The molecule has 0 spiro atoms. The van der Waals surface area contributed by atoms with Crippen LogP contribution in [0.3, 0.4) is 0 Å². The van der Waals surface area contributed by atoms with Gasteiger partial charge in [-0.25, -0.2) is 0 Å². The zero-order chi connectivity index (χ0) is 11.1. The van der Waals surface area contributed by atoms with Gasteiger partial charge in [0.05, 0.1) is 6.61 Å². The summed E-state index contributed by atoms with van der Waals surface area (Å²) in [4.78, 5) is 11.4. The highest BCUT2D eigenvalue weighted by Gasteiger charge is 2.14. The molecule has 1 amide bonds. The lowest BCUT2D eigenvalue weighted by atomic mass is 9.93. The molecule has 0 saturated carbocycles. The van der Waals surface area contributed by atoms with Gasteiger partial charge < -0.3 is 15.7 Å². The lowest BCUT2D eigenvalue weighted by Gasteiger charge is -2.22. The number of hydrogen-bond donors (Lipinski definition) is 3. The van der Waals surface area contributed by atoms with E-state index in [1.165, 1.54) is 12.8 Å². The smallest absolute Gasteiger partial charge is 0.220 e. The Morgan fingerprint density at radius 1 is 1.53 bits per heavy atom. The minimum atomic E-state index is -0.120. The van der Waals surface area contributed by atoms with Crippen LogP contribution in [0.5, 0.6) is 0 Å². The summed E-state index contributed by atoms with van der Waals surface area (Å²) >= 11 is 0. The van der Waals surface area contributed by atoms with Crippen molar-refractivity contribution in [2.45, 2.75) is 38.6 Å². The van der Waals surface area contributed by atoms with Gasteiger partial charge in [0.1, 0.15) is 0 Å². The summed E-state index contributed by atoms with van der Waals surface area (Å²) in [6.07, 6.45) is 3.94. The highest BCUT2D eigenvalue weighted by Crippen LogP contribution is 2.17. The molecule has 1 saturated heterocycles. The van der Waals surface area contributed by atoms with Gasteiger partial charge in [-0.2, -0.15) is 0 Å². The third-order valence-corrected chi connectivity index (χ3v) is 2.92. The number of carbonyl (C=O) groups is 1. The van der Waals surface area contributed by atoms with Crippen molar-refractivity contribution in [2.24, 2.45) is 5.92 Å². The summed E-state index contributed by atoms with van der Waals surface area (Å²) in [5.41, 5.74) is 0. The van der Waals surface area contributed by atoms with Crippen LogP contribution < -0.4 is 10.6 Å². The molecule has 88 valence electrons. The summed E-state index contributed by atoms with van der Waals surface area (Å²) in [7, 11) is 0. The van der Waals surface area contributed by atoms with Gasteiger partial charge in [-0.1, -0.05) is 0 Å². The second kappa shape index (κ2) is 6.80. The largest absolute Gasteiger partial charge is 0.394 e. The van der Waals surface area contributed by atoms with Crippen LogP contribution >= 0.6 is 0 Å². The van der Waals surface area contributed by atoms with Gasteiger partial charge >= 0.3 is 0 Å². The molecule has 1 atom stereocenters. The number of aliphatic hydroxyl groups is 1. The Kier molecular flexibility index (Phi) is 5.65. The molecule has 0 aromatic carbocycles. The number of aliphatic hydroxyl groups excluding tert-OH is 1. The summed E-state index contributed by atoms with van der Waals surface area (Å²) in [6.45, 7) is 3.99. The average Bonchev–Trinajstić information content (AvgIpc) is 2.27. The minimum Gasteiger partial charge on any atom is -0.394 e. The fourth-order valence-electron chi connectivity index (χ4n) is 1.90. The third-order valence-electron chi connectivity index (χ3n) is 2.92. The zero-order valence-corrected chi connectivity index (χ0v) is 9.46. The molecule has 0 aromatic rings. The van der Waals surface area contributed by atoms with Crippen molar-refractivity contribution in [1.29, 1.82) is 0 Å². The quantitative estimate of drug-likeness (QED) is 0.615. The van der Waals surface area contributed by atoms with Gasteiger partial charge in [-0.15, -0.1) is 0 Å². The Balaban J connectivity index is 2.10. The number of rotatable bonds is 5. The van der Waals surface area contributed by atoms with Crippen LogP contribution in [-0.2, 0) is 4.79 Å². The van der Waals surface area contributed by atoms with Gasteiger partial charge in [0, 0.05) is 12.5 Å². The van der Waals surface area contributed by atoms with E-state index in [-0.39, 0.29) is 18.6 Å². The molecule has 1 aliphatic heterocycles. The second-order valence-corrected chi connectivity index (χ2v) is 4.38. The molecule has 1 heterocycles. The van der Waals surface area contributed by atoms with Crippen LogP contribution in [-0.4, -0.2) is 36.8 Å². The number of nitrogens with one attached hydrogen (secondary N) is 2. The van der Waals surface area contributed by atoms with E-state index in [4.69, 9.17) is 5.11 Å². The van der Waals surface area contributed by atoms with E-state index in [1.807, 2.05) is 6.92 Å². The summed E-state index contributed by atoms with van der Waals surface area (Å²) < 4.78 is 0. The number of piperidine rings is 1. The molecule has 0 aliphatic carbocycles. The zero-order valence-electron chi connectivity index (χ0n) is 9.46. The predicted octanol–water partition coefficient (Wildman–Crippen LogP) is 0.263. The monoisotopic (exact) mass is 214 g/mol. The van der Waals surface area contributed by atoms with Crippen molar-refractivity contribution in [1.82, 2.24) is 10.6 Å². The molecular formula is C11H22N2O2. The Morgan fingerprint density at radius 3 is 2.80 bits per heavy atom. The van der Waals surface area contributed by atoms with Crippen molar-refractivity contribution in [3.05, 3.63) is 0 Å². The maximum atomic E-state index is 11.4. The Bertz CT molecular complexity index is 191. The minimum absolute atomic E-state index is 0.0130. The van der Waals surface area contributed by atoms with Crippen molar-refractivity contribution >= 4 is 5.91 Å². The number of amides is 1. The van der Waals surface area contributed by atoms with E-state index in [0.717, 1.165) is 19.5 Å². The summed E-state index contributed by atoms with van der Waals surface area (Å²) in [6, 6.07) is -0.120. The highest BCUT2D eigenvalue weighted by molar-refractivity contribution is 5.76. The summed E-state index contributed by atoms with van der Waals surface area (Å²) in [5, 5.41) is 14.9. The first-order chi connectivity index (χ1) is 7.22. The fraction of sp³-hybridized carbons (Fsp3) is 0.909. The molecule has 0 bridgehead atoms. The standard InChI is InChI=1S/C11H22N2O2/c1-9(8-14)13-11(15)3-2-10-4-6-12-7-5-10/h9-10,12,14H,2-8H2,1H3,(H,13,15)/t9-/m1/s1. The van der Waals surface area contributed by atoms with E-state index in [1.54, 1.807) is 0 Å². The molecular weight excluding hydrogens is 192 g/mol. The van der Waals surface area contributed by atoms with E-state index >= 15 is 0 Å². The molecule has 4 heteroatoms. The maximum absolute atomic E-state index is 11.4. The lowest BCUT2D eigenvalue weighted by molar-refractivity contribution is -0.122. The fourth-order valence-corrected chi connectivity index (χ4v) is 1.90.